The van der Waals surface area contributed by atoms with Crippen molar-refractivity contribution in [2.45, 2.75) is 32.4 Å². The van der Waals surface area contributed by atoms with Crippen LogP contribution >= 0.6 is 0 Å². The molecule has 0 radical (unpaired) electrons. The largest absolute Gasteiger partial charge is 0.389 e. The van der Waals surface area contributed by atoms with Crippen molar-refractivity contribution >= 4 is 5.82 Å². The minimum Gasteiger partial charge on any atom is -0.389 e. The lowest BCUT2D eigenvalue weighted by atomic mass is 10.1. The number of nitrogens with two attached hydrogens (primary N) is 1. The molecular formula is C12H21N3O. The van der Waals surface area contributed by atoms with Crippen LogP contribution in [0.15, 0.2) is 18.3 Å². The highest BCUT2D eigenvalue weighted by molar-refractivity contribution is 5.41. The smallest absolute Gasteiger partial charge is 0.128 e. The molecule has 1 atom stereocenters. The zero-order valence-electron chi connectivity index (χ0n) is 10.4. The monoisotopic (exact) mass is 223 g/mol. The summed E-state index contributed by atoms with van der Waals surface area (Å²) in [6.45, 7) is 6.02. The summed E-state index contributed by atoms with van der Waals surface area (Å²) in [5.41, 5.74) is 6.13. The second-order valence-electron chi connectivity index (χ2n) is 4.90. The van der Waals surface area contributed by atoms with Crippen molar-refractivity contribution in [3.05, 3.63) is 23.9 Å². The fourth-order valence-corrected chi connectivity index (χ4v) is 1.59. The van der Waals surface area contributed by atoms with Gasteiger partial charge in [0, 0.05) is 25.8 Å². The number of hydrogen-bond donors (Lipinski definition) is 2. The Hall–Kier alpha value is -1.13. The van der Waals surface area contributed by atoms with Crippen LogP contribution in [0.4, 0.5) is 5.82 Å². The molecule has 0 aliphatic carbocycles. The average molecular weight is 223 g/mol. The highest BCUT2D eigenvalue weighted by Gasteiger charge is 2.16. The van der Waals surface area contributed by atoms with Crippen molar-refractivity contribution in [3.8, 4) is 0 Å². The topological polar surface area (TPSA) is 62.4 Å². The standard InChI is InChI=1S/C12H21N3O/c1-9(13)10-5-6-14-11(7-10)15(4)8-12(2,3)16/h5-7,9,16H,8,13H2,1-4H3/t9-/m1/s1. The van der Waals surface area contributed by atoms with Crippen LogP contribution in [-0.2, 0) is 0 Å². The summed E-state index contributed by atoms with van der Waals surface area (Å²) in [4.78, 5) is 6.19. The molecule has 0 fully saturated rings. The predicted octanol–water partition coefficient (Wildman–Crippen LogP) is 1.31. The van der Waals surface area contributed by atoms with Gasteiger partial charge in [-0.1, -0.05) is 0 Å². The minimum absolute atomic E-state index is 0.00251. The first-order chi connectivity index (χ1) is 7.29. The Kier molecular flexibility index (Phi) is 3.88. The maximum Gasteiger partial charge on any atom is 0.128 e. The number of likely N-dealkylation sites (N-methyl/N-ethyl adjacent to an activating group) is 1. The minimum atomic E-state index is -0.735. The Bertz CT molecular complexity index is 344. The summed E-state index contributed by atoms with van der Waals surface area (Å²) in [7, 11) is 1.91. The Morgan fingerprint density at radius 3 is 2.69 bits per heavy atom. The zero-order chi connectivity index (χ0) is 12.3. The maximum absolute atomic E-state index is 9.73. The number of hydrogen-bond acceptors (Lipinski definition) is 4. The lowest BCUT2D eigenvalue weighted by molar-refractivity contribution is 0.0884. The van der Waals surface area contributed by atoms with Crippen LogP contribution < -0.4 is 10.6 Å². The highest BCUT2D eigenvalue weighted by Crippen LogP contribution is 2.17. The van der Waals surface area contributed by atoms with Gasteiger partial charge in [0.2, 0.25) is 0 Å². The summed E-state index contributed by atoms with van der Waals surface area (Å²) in [6, 6.07) is 3.86. The van der Waals surface area contributed by atoms with Crippen LogP contribution in [0, 0.1) is 0 Å². The van der Waals surface area contributed by atoms with Gasteiger partial charge in [-0.25, -0.2) is 4.98 Å². The van der Waals surface area contributed by atoms with Crippen molar-refractivity contribution < 1.29 is 5.11 Å². The van der Waals surface area contributed by atoms with Gasteiger partial charge in [-0.05, 0) is 38.5 Å². The first kappa shape index (κ1) is 12.9. The van der Waals surface area contributed by atoms with Gasteiger partial charge in [0.15, 0.2) is 0 Å². The van der Waals surface area contributed by atoms with Crippen molar-refractivity contribution in [2.75, 3.05) is 18.5 Å². The third-order valence-electron chi connectivity index (χ3n) is 2.31. The molecule has 0 amide bonds. The molecule has 0 aromatic carbocycles. The van der Waals surface area contributed by atoms with E-state index in [0.717, 1.165) is 11.4 Å². The van der Waals surface area contributed by atoms with E-state index >= 15 is 0 Å². The zero-order valence-corrected chi connectivity index (χ0v) is 10.4. The quantitative estimate of drug-likeness (QED) is 0.808. The van der Waals surface area contributed by atoms with E-state index in [1.807, 2.05) is 31.0 Å². The molecule has 0 bridgehead atoms. The average Bonchev–Trinajstić information content (AvgIpc) is 2.15. The lowest BCUT2D eigenvalue weighted by Crippen LogP contribution is -2.36. The summed E-state index contributed by atoms with van der Waals surface area (Å²) < 4.78 is 0. The summed E-state index contributed by atoms with van der Waals surface area (Å²) in [5, 5.41) is 9.73. The van der Waals surface area contributed by atoms with Crippen LogP contribution in [0.5, 0.6) is 0 Å². The Balaban J connectivity index is 2.83. The van der Waals surface area contributed by atoms with Gasteiger partial charge < -0.3 is 15.7 Å². The third-order valence-corrected chi connectivity index (χ3v) is 2.31. The van der Waals surface area contributed by atoms with Gasteiger partial charge in [0.25, 0.3) is 0 Å². The summed E-state index contributed by atoms with van der Waals surface area (Å²) in [5.74, 6) is 0.830. The molecule has 4 heteroatoms. The van der Waals surface area contributed by atoms with E-state index in [-0.39, 0.29) is 6.04 Å². The van der Waals surface area contributed by atoms with Gasteiger partial charge in [0.05, 0.1) is 5.60 Å². The van der Waals surface area contributed by atoms with Crippen LogP contribution in [-0.4, -0.2) is 29.3 Å². The molecular weight excluding hydrogens is 202 g/mol. The SMILES string of the molecule is C[C@@H](N)c1ccnc(N(C)CC(C)(C)O)c1. The van der Waals surface area contributed by atoms with Crippen molar-refractivity contribution in [1.29, 1.82) is 0 Å². The molecule has 1 rings (SSSR count). The number of aromatic nitrogens is 1. The molecule has 0 unspecified atom stereocenters. The first-order valence-electron chi connectivity index (χ1n) is 5.44. The van der Waals surface area contributed by atoms with Gasteiger partial charge in [-0.3, -0.25) is 0 Å². The second-order valence-corrected chi connectivity index (χ2v) is 4.90. The molecule has 1 aromatic rings. The van der Waals surface area contributed by atoms with Gasteiger partial charge in [0.1, 0.15) is 5.82 Å². The van der Waals surface area contributed by atoms with Crippen molar-refractivity contribution in [3.63, 3.8) is 0 Å². The molecule has 0 spiro atoms. The first-order valence-corrected chi connectivity index (χ1v) is 5.44. The molecule has 0 saturated heterocycles. The van der Waals surface area contributed by atoms with Crippen molar-refractivity contribution in [2.24, 2.45) is 5.73 Å². The van der Waals surface area contributed by atoms with E-state index in [1.54, 1.807) is 20.0 Å². The molecule has 0 saturated carbocycles. The fraction of sp³-hybridized carbons (Fsp3) is 0.583. The van der Waals surface area contributed by atoms with E-state index < -0.39 is 5.60 Å². The van der Waals surface area contributed by atoms with Crippen LogP contribution in [0.3, 0.4) is 0 Å². The van der Waals surface area contributed by atoms with E-state index in [9.17, 15) is 5.11 Å². The Labute approximate surface area is 97.1 Å². The summed E-state index contributed by atoms with van der Waals surface area (Å²) >= 11 is 0. The van der Waals surface area contributed by atoms with Crippen LogP contribution in [0.25, 0.3) is 0 Å². The normalized spacial score (nSPS) is 13.6. The number of rotatable bonds is 4. The van der Waals surface area contributed by atoms with Gasteiger partial charge in [-0.15, -0.1) is 0 Å². The molecule has 4 nitrogen and oxygen atoms in total. The number of aliphatic hydroxyl groups is 1. The molecule has 16 heavy (non-hydrogen) atoms. The van der Waals surface area contributed by atoms with Gasteiger partial charge >= 0.3 is 0 Å². The lowest BCUT2D eigenvalue weighted by Gasteiger charge is -2.26. The van der Waals surface area contributed by atoms with Crippen LogP contribution in [0.1, 0.15) is 32.4 Å². The molecule has 1 heterocycles. The van der Waals surface area contributed by atoms with E-state index in [0.29, 0.717) is 6.54 Å². The second kappa shape index (κ2) is 4.80. The Morgan fingerprint density at radius 2 is 2.19 bits per heavy atom. The summed E-state index contributed by atoms with van der Waals surface area (Å²) in [6.07, 6.45) is 1.74. The Morgan fingerprint density at radius 1 is 1.56 bits per heavy atom. The predicted molar refractivity (Wildman–Crippen MR) is 66.4 cm³/mol. The number of pyridine rings is 1. The molecule has 0 aliphatic rings. The number of nitrogens with zero attached hydrogens (tertiary/aromatic N) is 2. The maximum atomic E-state index is 9.73. The third kappa shape index (κ3) is 3.79. The highest BCUT2D eigenvalue weighted by atomic mass is 16.3. The van der Waals surface area contributed by atoms with Crippen molar-refractivity contribution in [1.82, 2.24) is 4.98 Å². The van der Waals surface area contributed by atoms with E-state index in [4.69, 9.17) is 5.73 Å². The fourth-order valence-electron chi connectivity index (χ4n) is 1.59. The van der Waals surface area contributed by atoms with Gasteiger partial charge in [-0.2, -0.15) is 0 Å². The molecule has 1 aromatic heterocycles. The molecule has 90 valence electrons. The number of anilines is 1. The molecule has 3 N–H and O–H groups in total. The molecule has 0 aliphatic heterocycles. The van der Waals surface area contributed by atoms with E-state index in [2.05, 4.69) is 4.98 Å². The van der Waals surface area contributed by atoms with E-state index in [1.165, 1.54) is 0 Å². The van der Waals surface area contributed by atoms with Crippen LogP contribution in [0.2, 0.25) is 0 Å².